The zero-order valence-corrected chi connectivity index (χ0v) is 21.5. The standard InChI is InChI=1S/C26H21BrN4O4S/c1-15-6-8-16(9-7-15)14-36-26-29-25-23(30-31-26)18-4-2-3-5-20(18)28-24(35-25)19-12-17(27)10-11-21(19)34-13-22(32)33/h2-12,24,28H,13-14H2,1H3,(H,32,33). The number of aromatic nitrogens is 3. The highest BCUT2D eigenvalue weighted by Gasteiger charge is 2.28. The Kier molecular flexibility index (Phi) is 7.06. The van der Waals surface area contributed by atoms with E-state index in [1.807, 2.05) is 30.3 Å². The number of halogens is 1. The average molecular weight is 565 g/mol. The van der Waals surface area contributed by atoms with Crippen molar-refractivity contribution < 1.29 is 19.4 Å². The first-order valence-corrected chi connectivity index (χ1v) is 12.8. The van der Waals surface area contributed by atoms with Crippen molar-refractivity contribution in [2.24, 2.45) is 0 Å². The second-order valence-corrected chi connectivity index (χ2v) is 9.93. The van der Waals surface area contributed by atoms with Crippen LogP contribution in [0.2, 0.25) is 0 Å². The number of carboxylic acids is 1. The van der Waals surface area contributed by atoms with Crippen molar-refractivity contribution in [3.63, 3.8) is 0 Å². The number of ether oxygens (including phenoxy) is 2. The molecule has 0 fully saturated rings. The number of benzene rings is 3. The molecule has 0 bridgehead atoms. The van der Waals surface area contributed by atoms with Gasteiger partial charge in [-0.25, -0.2) is 4.79 Å². The SMILES string of the molecule is Cc1ccc(CSc2nnc3c(n2)OC(c2cc(Br)ccc2OCC(=O)O)Nc2ccccc2-3)cc1. The van der Waals surface area contributed by atoms with Crippen LogP contribution in [-0.4, -0.2) is 32.9 Å². The molecule has 0 saturated carbocycles. The lowest BCUT2D eigenvalue weighted by Gasteiger charge is -2.22. The molecular formula is C26H21BrN4O4S. The number of rotatable bonds is 7. The third-order valence-corrected chi connectivity index (χ3v) is 6.83. The van der Waals surface area contributed by atoms with Gasteiger partial charge in [0.05, 0.1) is 5.56 Å². The first-order valence-electron chi connectivity index (χ1n) is 11.1. The van der Waals surface area contributed by atoms with Gasteiger partial charge in [0.2, 0.25) is 17.3 Å². The lowest BCUT2D eigenvalue weighted by molar-refractivity contribution is -0.139. The summed E-state index contributed by atoms with van der Waals surface area (Å²) < 4.78 is 12.7. The van der Waals surface area contributed by atoms with Crippen molar-refractivity contribution in [1.29, 1.82) is 0 Å². The molecule has 3 aromatic carbocycles. The van der Waals surface area contributed by atoms with E-state index in [1.54, 1.807) is 12.1 Å². The minimum absolute atomic E-state index is 0.322. The van der Waals surface area contributed by atoms with Crippen molar-refractivity contribution in [3.8, 4) is 22.9 Å². The van der Waals surface area contributed by atoms with Crippen LogP contribution in [0.3, 0.4) is 0 Å². The van der Waals surface area contributed by atoms with Gasteiger partial charge in [-0.3, -0.25) is 0 Å². The van der Waals surface area contributed by atoms with Crippen LogP contribution in [0.15, 0.2) is 76.4 Å². The molecule has 1 atom stereocenters. The smallest absolute Gasteiger partial charge is 0.341 e. The van der Waals surface area contributed by atoms with Gasteiger partial charge in [0.25, 0.3) is 0 Å². The summed E-state index contributed by atoms with van der Waals surface area (Å²) in [6, 6.07) is 21.3. The fourth-order valence-corrected chi connectivity index (χ4v) is 4.79. The number of hydrogen-bond donors (Lipinski definition) is 2. The highest BCUT2D eigenvalue weighted by atomic mass is 79.9. The molecule has 0 spiro atoms. The molecule has 1 aliphatic heterocycles. The predicted molar refractivity (Wildman–Crippen MR) is 140 cm³/mol. The van der Waals surface area contributed by atoms with Gasteiger partial charge in [-0.05, 0) is 36.8 Å². The normalized spacial score (nSPS) is 14.0. The Labute approximate surface area is 220 Å². The zero-order valence-electron chi connectivity index (χ0n) is 19.1. The van der Waals surface area contributed by atoms with Crippen LogP contribution in [-0.2, 0) is 10.5 Å². The molecule has 10 heteroatoms. The number of thioether (sulfide) groups is 1. The Bertz CT molecular complexity index is 1420. The molecule has 36 heavy (non-hydrogen) atoms. The summed E-state index contributed by atoms with van der Waals surface area (Å²) in [7, 11) is 0. The Hall–Kier alpha value is -3.63. The summed E-state index contributed by atoms with van der Waals surface area (Å²) in [5, 5.41) is 21.8. The maximum atomic E-state index is 11.1. The van der Waals surface area contributed by atoms with E-state index in [0.29, 0.717) is 33.8 Å². The van der Waals surface area contributed by atoms with Crippen molar-refractivity contribution >= 4 is 39.3 Å². The van der Waals surface area contributed by atoms with Crippen molar-refractivity contribution in [3.05, 3.63) is 87.9 Å². The van der Waals surface area contributed by atoms with E-state index in [0.717, 1.165) is 21.3 Å². The van der Waals surface area contributed by atoms with Crippen LogP contribution >= 0.6 is 27.7 Å². The highest BCUT2D eigenvalue weighted by molar-refractivity contribution is 9.10. The molecule has 1 unspecified atom stereocenters. The summed E-state index contributed by atoms with van der Waals surface area (Å²) in [6.07, 6.45) is -0.722. The van der Waals surface area contributed by atoms with E-state index in [9.17, 15) is 4.79 Å². The number of nitrogens with one attached hydrogen (secondary N) is 1. The lowest BCUT2D eigenvalue weighted by Crippen LogP contribution is -2.19. The molecule has 1 aliphatic rings. The van der Waals surface area contributed by atoms with Crippen LogP contribution in [0.1, 0.15) is 22.9 Å². The Balaban J connectivity index is 1.50. The van der Waals surface area contributed by atoms with E-state index in [1.165, 1.54) is 17.3 Å². The molecule has 0 radical (unpaired) electrons. The molecule has 0 saturated heterocycles. The second-order valence-electron chi connectivity index (χ2n) is 8.07. The van der Waals surface area contributed by atoms with Crippen molar-refractivity contribution in [1.82, 2.24) is 15.2 Å². The van der Waals surface area contributed by atoms with Gasteiger partial charge >= 0.3 is 5.97 Å². The molecule has 8 nitrogen and oxygen atoms in total. The van der Waals surface area contributed by atoms with Gasteiger partial charge in [-0.15, -0.1) is 10.2 Å². The molecular weight excluding hydrogens is 544 g/mol. The van der Waals surface area contributed by atoms with E-state index in [-0.39, 0.29) is 0 Å². The third-order valence-electron chi connectivity index (χ3n) is 5.43. The van der Waals surface area contributed by atoms with Gasteiger partial charge in [-0.2, -0.15) is 4.98 Å². The molecule has 0 amide bonds. The van der Waals surface area contributed by atoms with Crippen LogP contribution in [0, 0.1) is 6.92 Å². The van der Waals surface area contributed by atoms with E-state index in [2.05, 4.69) is 67.6 Å². The number of nitrogens with zero attached hydrogens (tertiary/aromatic N) is 3. The molecule has 4 aromatic rings. The van der Waals surface area contributed by atoms with Gasteiger partial charge in [0.1, 0.15) is 5.75 Å². The maximum absolute atomic E-state index is 11.1. The highest BCUT2D eigenvalue weighted by Crippen LogP contribution is 2.41. The predicted octanol–water partition coefficient (Wildman–Crippen LogP) is 5.87. The first kappa shape index (κ1) is 24.1. The van der Waals surface area contributed by atoms with Crippen LogP contribution in [0.25, 0.3) is 11.3 Å². The summed E-state index contributed by atoms with van der Waals surface area (Å²) in [5.74, 6) is 0.331. The van der Waals surface area contributed by atoms with Crippen molar-refractivity contribution in [2.75, 3.05) is 11.9 Å². The number of carbonyl (C=O) groups is 1. The fraction of sp³-hybridized carbons (Fsp3) is 0.154. The van der Waals surface area contributed by atoms with E-state index in [4.69, 9.17) is 14.6 Å². The number of aliphatic carboxylic acids is 1. The monoisotopic (exact) mass is 564 g/mol. The Morgan fingerprint density at radius 3 is 2.75 bits per heavy atom. The fourth-order valence-electron chi connectivity index (χ4n) is 3.68. The third kappa shape index (κ3) is 5.44. The van der Waals surface area contributed by atoms with Crippen LogP contribution in [0.5, 0.6) is 11.6 Å². The number of fused-ring (bicyclic) bond motifs is 3. The first-order chi connectivity index (χ1) is 17.5. The molecule has 182 valence electrons. The summed E-state index contributed by atoms with van der Waals surface area (Å²) in [4.78, 5) is 15.8. The summed E-state index contributed by atoms with van der Waals surface area (Å²) in [6.45, 7) is 1.58. The lowest BCUT2D eigenvalue weighted by atomic mass is 10.1. The number of hydrogen-bond acceptors (Lipinski definition) is 8. The molecule has 0 aliphatic carbocycles. The largest absolute Gasteiger partial charge is 0.481 e. The van der Waals surface area contributed by atoms with Gasteiger partial charge in [-0.1, -0.05) is 75.7 Å². The van der Waals surface area contributed by atoms with Crippen molar-refractivity contribution in [2.45, 2.75) is 24.1 Å². The zero-order chi connectivity index (χ0) is 25.1. The Morgan fingerprint density at radius 2 is 1.94 bits per heavy atom. The summed E-state index contributed by atoms with van der Waals surface area (Å²) >= 11 is 4.96. The average Bonchev–Trinajstić information content (AvgIpc) is 3.04. The van der Waals surface area contributed by atoms with Gasteiger partial charge in [0, 0.05) is 21.5 Å². The molecule has 1 aromatic heterocycles. The summed E-state index contributed by atoms with van der Waals surface area (Å²) in [5.41, 5.74) is 5.07. The second kappa shape index (κ2) is 10.5. The number of carboxylic acid groups (broad SMARTS) is 1. The number of anilines is 1. The van der Waals surface area contributed by atoms with Gasteiger partial charge in [0.15, 0.2) is 12.3 Å². The van der Waals surface area contributed by atoms with Crippen LogP contribution in [0.4, 0.5) is 5.69 Å². The number of aryl methyl sites for hydroxylation is 1. The maximum Gasteiger partial charge on any atom is 0.341 e. The molecule has 2 N–H and O–H groups in total. The minimum Gasteiger partial charge on any atom is -0.481 e. The minimum atomic E-state index is -1.07. The van der Waals surface area contributed by atoms with Crippen LogP contribution < -0.4 is 14.8 Å². The van der Waals surface area contributed by atoms with Gasteiger partial charge < -0.3 is 19.9 Å². The Morgan fingerprint density at radius 1 is 1.14 bits per heavy atom. The van der Waals surface area contributed by atoms with E-state index >= 15 is 0 Å². The number of para-hydroxylation sites is 1. The molecule has 2 heterocycles. The molecule has 5 rings (SSSR count). The van der Waals surface area contributed by atoms with E-state index < -0.39 is 18.8 Å². The topological polar surface area (TPSA) is 106 Å². The quantitative estimate of drug-likeness (QED) is 0.266.